The molecule has 0 aliphatic rings. The van der Waals surface area contributed by atoms with Crippen molar-refractivity contribution in [3.8, 4) is 0 Å². The van der Waals surface area contributed by atoms with Gasteiger partial charge in [0.25, 0.3) is 0 Å². The number of aryl methyl sites for hydroxylation is 6. The van der Waals surface area contributed by atoms with Gasteiger partial charge in [-0.2, -0.15) is 10.2 Å². The van der Waals surface area contributed by atoms with Crippen molar-refractivity contribution in [2.75, 3.05) is 0 Å². The zero-order chi connectivity index (χ0) is 20.8. The molecule has 0 aliphatic carbocycles. The molecule has 0 saturated carbocycles. The molecule has 2 N–H and O–H groups in total. The summed E-state index contributed by atoms with van der Waals surface area (Å²) in [4.78, 5) is 23.7. The van der Waals surface area contributed by atoms with Crippen LogP contribution in [0.3, 0.4) is 0 Å². The van der Waals surface area contributed by atoms with Gasteiger partial charge in [-0.05, 0) is 63.8 Å². The fourth-order valence-electron chi connectivity index (χ4n) is 3.20. The van der Waals surface area contributed by atoms with Crippen LogP contribution in [0.25, 0.3) is 0 Å². The molecule has 0 aromatic heterocycles. The van der Waals surface area contributed by atoms with Gasteiger partial charge in [-0.15, -0.1) is 0 Å². The van der Waals surface area contributed by atoms with E-state index in [1.54, 1.807) is 0 Å². The van der Waals surface area contributed by atoms with E-state index >= 15 is 0 Å². The summed E-state index contributed by atoms with van der Waals surface area (Å²) in [6, 6.07) is 8.14. The third kappa shape index (κ3) is 5.36. The Morgan fingerprint density at radius 2 is 0.929 bits per heavy atom. The first-order valence-electron chi connectivity index (χ1n) is 9.01. The first-order valence-corrected chi connectivity index (χ1v) is 9.01. The van der Waals surface area contributed by atoms with Gasteiger partial charge in [-0.1, -0.05) is 35.4 Å². The predicted molar refractivity (Wildman–Crippen MR) is 113 cm³/mol. The van der Waals surface area contributed by atoms with Gasteiger partial charge in [-0.3, -0.25) is 9.59 Å². The smallest absolute Gasteiger partial charge is 0.262 e. The molecule has 0 unspecified atom stereocenters. The molecule has 0 bridgehead atoms. The van der Waals surface area contributed by atoms with Gasteiger partial charge in [0.15, 0.2) is 0 Å². The number of nitrogens with zero attached hydrogens (tertiary/aromatic N) is 2. The van der Waals surface area contributed by atoms with Gasteiger partial charge in [0.1, 0.15) is 0 Å². The average molecular weight is 378 g/mol. The van der Waals surface area contributed by atoms with Crippen molar-refractivity contribution in [3.63, 3.8) is 0 Å². The van der Waals surface area contributed by atoms with Crippen LogP contribution in [-0.2, 0) is 9.59 Å². The Balaban J connectivity index is 1.96. The van der Waals surface area contributed by atoms with E-state index in [2.05, 4.69) is 21.1 Å². The summed E-state index contributed by atoms with van der Waals surface area (Å²) in [5, 5.41) is 7.76. The molecule has 2 amide bonds. The standard InChI is InChI=1S/C22H26N4O2/c1-13-7-15(3)19(16(4)8-13)11-23-25-21(27)22(28)26-24-12-20-17(5)9-14(2)10-18(20)6/h7-12H,1-6H3,(H,25,27)(H,26,28)/b23-11+,24-12+. The van der Waals surface area contributed by atoms with E-state index in [9.17, 15) is 9.59 Å². The van der Waals surface area contributed by atoms with Crippen LogP contribution in [0, 0.1) is 41.5 Å². The normalized spacial score (nSPS) is 11.2. The summed E-state index contributed by atoms with van der Waals surface area (Å²) in [5.74, 6) is -1.76. The van der Waals surface area contributed by atoms with Crippen molar-refractivity contribution >= 4 is 24.2 Å². The lowest BCUT2D eigenvalue weighted by Gasteiger charge is -2.07. The largest absolute Gasteiger partial charge is 0.331 e. The van der Waals surface area contributed by atoms with Gasteiger partial charge in [0.2, 0.25) is 0 Å². The number of rotatable bonds is 4. The molecule has 0 saturated heterocycles. The Hall–Kier alpha value is -3.28. The topological polar surface area (TPSA) is 82.9 Å². The third-order valence-electron chi connectivity index (χ3n) is 4.40. The summed E-state index contributed by atoms with van der Waals surface area (Å²) >= 11 is 0. The second kappa shape index (κ2) is 9.08. The molecule has 0 fully saturated rings. The van der Waals surface area contributed by atoms with Crippen molar-refractivity contribution < 1.29 is 9.59 Å². The maximum absolute atomic E-state index is 11.9. The summed E-state index contributed by atoms with van der Waals surface area (Å²) in [7, 11) is 0. The molecule has 146 valence electrons. The molecule has 6 heteroatoms. The molecule has 0 radical (unpaired) electrons. The fourth-order valence-corrected chi connectivity index (χ4v) is 3.20. The van der Waals surface area contributed by atoms with E-state index < -0.39 is 11.8 Å². The van der Waals surface area contributed by atoms with Crippen molar-refractivity contribution in [1.82, 2.24) is 10.9 Å². The molecular weight excluding hydrogens is 352 g/mol. The second-order valence-electron chi connectivity index (χ2n) is 7.02. The Labute approximate surface area is 165 Å². The minimum absolute atomic E-state index is 0.881. The van der Waals surface area contributed by atoms with E-state index in [0.29, 0.717) is 0 Å². The van der Waals surface area contributed by atoms with Crippen LogP contribution in [0.15, 0.2) is 34.5 Å². The average Bonchev–Trinajstić information content (AvgIpc) is 2.58. The van der Waals surface area contributed by atoms with E-state index in [-0.39, 0.29) is 0 Å². The van der Waals surface area contributed by atoms with Crippen LogP contribution < -0.4 is 10.9 Å². The van der Waals surface area contributed by atoms with Gasteiger partial charge < -0.3 is 0 Å². The summed E-state index contributed by atoms with van der Waals surface area (Å²) < 4.78 is 0. The van der Waals surface area contributed by atoms with Gasteiger partial charge in [-0.25, -0.2) is 10.9 Å². The maximum atomic E-state index is 11.9. The van der Waals surface area contributed by atoms with Crippen molar-refractivity contribution in [3.05, 3.63) is 68.8 Å². The summed E-state index contributed by atoms with van der Waals surface area (Å²) in [5.41, 5.74) is 12.8. The SMILES string of the molecule is Cc1cc(C)c(/C=N/NC(=O)C(=O)N/N=C/c2c(C)cc(C)cc2C)c(C)c1. The third-order valence-corrected chi connectivity index (χ3v) is 4.40. The first-order chi connectivity index (χ1) is 13.2. The summed E-state index contributed by atoms with van der Waals surface area (Å²) in [6.45, 7) is 11.9. The number of benzene rings is 2. The number of hydrazone groups is 2. The van der Waals surface area contributed by atoms with Crippen LogP contribution in [0.2, 0.25) is 0 Å². The van der Waals surface area contributed by atoms with E-state index in [4.69, 9.17) is 0 Å². The minimum atomic E-state index is -0.881. The molecule has 0 aliphatic heterocycles. The number of hydrogen-bond donors (Lipinski definition) is 2. The Morgan fingerprint density at radius 1 is 0.643 bits per heavy atom. The van der Waals surface area contributed by atoms with E-state index in [0.717, 1.165) is 44.5 Å². The number of hydrogen-bond acceptors (Lipinski definition) is 4. The quantitative estimate of drug-likeness (QED) is 0.487. The molecule has 2 aromatic carbocycles. The van der Waals surface area contributed by atoms with Crippen molar-refractivity contribution in [1.29, 1.82) is 0 Å². The molecule has 0 atom stereocenters. The molecule has 0 spiro atoms. The number of carbonyl (C=O) groups excluding carboxylic acids is 2. The Morgan fingerprint density at radius 3 is 1.21 bits per heavy atom. The molecule has 2 aromatic rings. The van der Waals surface area contributed by atoms with Gasteiger partial charge in [0.05, 0.1) is 12.4 Å². The van der Waals surface area contributed by atoms with Crippen LogP contribution in [0.5, 0.6) is 0 Å². The molecule has 6 nitrogen and oxygen atoms in total. The highest BCUT2D eigenvalue weighted by molar-refractivity contribution is 6.35. The highest BCUT2D eigenvalue weighted by atomic mass is 16.2. The molecule has 28 heavy (non-hydrogen) atoms. The highest BCUT2D eigenvalue weighted by Crippen LogP contribution is 2.14. The number of amides is 2. The van der Waals surface area contributed by atoms with Crippen LogP contribution in [0.1, 0.15) is 44.5 Å². The monoisotopic (exact) mass is 378 g/mol. The van der Waals surface area contributed by atoms with Crippen LogP contribution in [-0.4, -0.2) is 24.2 Å². The Bertz CT molecular complexity index is 849. The van der Waals surface area contributed by atoms with E-state index in [1.165, 1.54) is 12.4 Å². The predicted octanol–water partition coefficient (Wildman–Crippen LogP) is 3.14. The van der Waals surface area contributed by atoms with Crippen molar-refractivity contribution in [2.45, 2.75) is 41.5 Å². The maximum Gasteiger partial charge on any atom is 0.331 e. The van der Waals surface area contributed by atoms with Crippen LogP contribution >= 0.6 is 0 Å². The fraction of sp³-hybridized carbons (Fsp3) is 0.273. The Kier molecular flexibility index (Phi) is 6.82. The van der Waals surface area contributed by atoms with Crippen LogP contribution in [0.4, 0.5) is 0 Å². The lowest BCUT2D eigenvalue weighted by molar-refractivity contribution is -0.139. The first kappa shape index (κ1) is 21.0. The van der Waals surface area contributed by atoms with E-state index in [1.807, 2.05) is 65.8 Å². The highest BCUT2D eigenvalue weighted by Gasteiger charge is 2.11. The van der Waals surface area contributed by atoms with Gasteiger partial charge in [0, 0.05) is 11.1 Å². The minimum Gasteiger partial charge on any atom is -0.262 e. The molecular formula is C22H26N4O2. The van der Waals surface area contributed by atoms with Gasteiger partial charge >= 0.3 is 11.8 Å². The number of carbonyl (C=O) groups is 2. The zero-order valence-electron chi connectivity index (χ0n) is 17.2. The van der Waals surface area contributed by atoms with Crippen molar-refractivity contribution in [2.24, 2.45) is 10.2 Å². The molecule has 0 heterocycles. The zero-order valence-corrected chi connectivity index (χ0v) is 17.2. The number of nitrogens with one attached hydrogen (secondary N) is 2. The lowest BCUT2D eigenvalue weighted by atomic mass is 10.0. The lowest BCUT2D eigenvalue weighted by Crippen LogP contribution is -2.35. The molecule has 2 rings (SSSR count). The second-order valence-corrected chi connectivity index (χ2v) is 7.02. The summed E-state index contributed by atoms with van der Waals surface area (Å²) in [6.07, 6.45) is 3.08.